The fraction of sp³-hybridized carbons (Fsp3) is 0.263. The second kappa shape index (κ2) is 6.84. The molecule has 9 heteroatoms. The highest BCUT2D eigenvalue weighted by Gasteiger charge is 2.30. The van der Waals surface area contributed by atoms with Gasteiger partial charge in [-0.3, -0.25) is 9.48 Å². The molecule has 142 valence electrons. The van der Waals surface area contributed by atoms with Crippen LogP contribution in [-0.2, 0) is 11.8 Å². The Labute approximate surface area is 165 Å². The number of hydrogen-bond donors (Lipinski definition) is 0. The lowest BCUT2D eigenvalue weighted by molar-refractivity contribution is -0.0244. The molecule has 1 fully saturated rings. The van der Waals surface area contributed by atoms with Crippen molar-refractivity contribution in [1.29, 1.82) is 0 Å². The lowest BCUT2D eigenvalue weighted by Crippen LogP contribution is -2.43. The van der Waals surface area contributed by atoms with E-state index in [1.807, 2.05) is 18.3 Å². The topological polar surface area (TPSA) is 77.5 Å². The van der Waals surface area contributed by atoms with Gasteiger partial charge in [0, 0.05) is 36.4 Å². The molecule has 1 atom stereocenters. The molecule has 5 rings (SSSR count). The molecule has 0 aromatic carbocycles. The van der Waals surface area contributed by atoms with E-state index in [1.165, 1.54) is 4.88 Å². The minimum absolute atomic E-state index is 0.0512. The molecule has 1 saturated heterocycles. The number of fused-ring (bicyclic) bond motifs is 1. The van der Waals surface area contributed by atoms with Gasteiger partial charge in [0.05, 0.1) is 18.7 Å². The van der Waals surface area contributed by atoms with Gasteiger partial charge in [-0.2, -0.15) is 5.10 Å². The minimum Gasteiger partial charge on any atom is -0.368 e. The first kappa shape index (κ1) is 17.1. The third kappa shape index (κ3) is 2.88. The van der Waals surface area contributed by atoms with Gasteiger partial charge in [-0.1, -0.05) is 11.3 Å². The smallest absolute Gasteiger partial charge is 0.272 e. The van der Waals surface area contributed by atoms with Gasteiger partial charge in [-0.05, 0) is 29.6 Å². The number of carbonyl (C=O) groups is 1. The Balaban J connectivity index is 1.42. The van der Waals surface area contributed by atoms with Crippen LogP contribution >= 0.6 is 11.3 Å². The maximum Gasteiger partial charge on any atom is 0.272 e. The molecule has 1 aliphatic rings. The summed E-state index contributed by atoms with van der Waals surface area (Å²) in [5, 5.41) is 14.8. The minimum atomic E-state index is -0.309. The van der Waals surface area contributed by atoms with E-state index in [0.29, 0.717) is 25.4 Å². The number of carbonyl (C=O) groups excluding carboxylic acids is 1. The maximum atomic E-state index is 12.8. The Bertz CT molecular complexity index is 1130. The van der Waals surface area contributed by atoms with Crippen molar-refractivity contribution in [2.75, 3.05) is 19.7 Å². The van der Waals surface area contributed by atoms with E-state index in [4.69, 9.17) is 4.74 Å². The molecule has 0 radical (unpaired) electrons. The molecule has 0 unspecified atom stereocenters. The summed E-state index contributed by atoms with van der Waals surface area (Å²) in [6.07, 6.45) is 3.29. The SMILES string of the molecule is Cn1nccc1C(=O)N1CCO[C@H](c2nnn3cc(-c4cccs4)ccc23)C1. The van der Waals surface area contributed by atoms with E-state index >= 15 is 0 Å². The maximum absolute atomic E-state index is 12.8. The number of amides is 1. The highest BCUT2D eigenvalue weighted by atomic mass is 32.1. The van der Waals surface area contributed by atoms with Crippen LogP contribution in [0.5, 0.6) is 0 Å². The molecular formula is C19H18N6O2S. The first-order valence-electron chi connectivity index (χ1n) is 8.98. The van der Waals surface area contributed by atoms with E-state index in [0.717, 1.165) is 16.8 Å². The Hall–Kier alpha value is -3.04. The highest BCUT2D eigenvalue weighted by molar-refractivity contribution is 7.13. The second-order valence-electron chi connectivity index (χ2n) is 6.65. The second-order valence-corrected chi connectivity index (χ2v) is 7.60. The fourth-order valence-corrected chi connectivity index (χ4v) is 4.19. The number of morpholine rings is 1. The molecule has 8 nitrogen and oxygen atoms in total. The Morgan fingerprint density at radius 1 is 1.29 bits per heavy atom. The van der Waals surface area contributed by atoms with Gasteiger partial charge in [0.15, 0.2) is 0 Å². The number of ether oxygens (including phenoxy) is 1. The average Bonchev–Trinajstić information content (AvgIpc) is 3.47. The van der Waals surface area contributed by atoms with Crippen molar-refractivity contribution in [3.63, 3.8) is 0 Å². The zero-order chi connectivity index (χ0) is 19.1. The monoisotopic (exact) mass is 394 g/mol. The van der Waals surface area contributed by atoms with Gasteiger partial charge >= 0.3 is 0 Å². The molecule has 1 aliphatic heterocycles. The summed E-state index contributed by atoms with van der Waals surface area (Å²) in [5.41, 5.74) is 3.30. The van der Waals surface area contributed by atoms with Crippen LogP contribution in [0.25, 0.3) is 16.0 Å². The van der Waals surface area contributed by atoms with Gasteiger partial charge in [-0.25, -0.2) is 4.52 Å². The summed E-state index contributed by atoms with van der Waals surface area (Å²) in [6, 6.07) is 9.91. The largest absolute Gasteiger partial charge is 0.368 e. The van der Waals surface area contributed by atoms with Crippen molar-refractivity contribution < 1.29 is 9.53 Å². The van der Waals surface area contributed by atoms with Crippen molar-refractivity contribution in [3.05, 3.63) is 59.5 Å². The van der Waals surface area contributed by atoms with E-state index < -0.39 is 0 Å². The van der Waals surface area contributed by atoms with Gasteiger partial charge < -0.3 is 9.64 Å². The normalized spacial score (nSPS) is 17.3. The van der Waals surface area contributed by atoms with Crippen LogP contribution in [0, 0.1) is 0 Å². The standard InChI is InChI=1S/C19H18N6O2S/c1-23-15(6-7-20-23)19(26)24-8-9-27-16(12-24)18-14-5-4-13(11-25(14)22-21-18)17-3-2-10-28-17/h2-7,10-11,16H,8-9,12H2,1H3/t16-/m0/s1. The average molecular weight is 394 g/mol. The van der Waals surface area contributed by atoms with Crippen molar-refractivity contribution in [2.24, 2.45) is 7.05 Å². The van der Waals surface area contributed by atoms with E-state index in [1.54, 1.807) is 44.7 Å². The van der Waals surface area contributed by atoms with Gasteiger partial charge in [0.1, 0.15) is 17.5 Å². The molecule has 0 spiro atoms. The number of pyridine rings is 1. The van der Waals surface area contributed by atoms with Gasteiger partial charge in [0.25, 0.3) is 5.91 Å². The Morgan fingerprint density at radius 2 is 2.21 bits per heavy atom. The lowest BCUT2D eigenvalue weighted by Gasteiger charge is -2.32. The van der Waals surface area contributed by atoms with Crippen molar-refractivity contribution in [1.82, 2.24) is 29.5 Å². The van der Waals surface area contributed by atoms with Crippen LogP contribution in [-0.4, -0.2) is 55.1 Å². The van der Waals surface area contributed by atoms with Crippen LogP contribution in [0.1, 0.15) is 22.3 Å². The van der Waals surface area contributed by atoms with E-state index in [2.05, 4.69) is 32.9 Å². The van der Waals surface area contributed by atoms with Crippen molar-refractivity contribution >= 4 is 22.8 Å². The third-order valence-corrected chi connectivity index (χ3v) is 5.86. The summed E-state index contributed by atoms with van der Waals surface area (Å²) in [5.74, 6) is -0.0512. The first-order valence-corrected chi connectivity index (χ1v) is 9.86. The predicted octanol–water partition coefficient (Wildman–Crippen LogP) is 2.41. The molecule has 0 N–H and O–H groups in total. The molecule has 0 aliphatic carbocycles. The number of aromatic nitrogens is 5. The molecule has 28 heavy (non-hydrogen) atoms. The zero-order valence-electron chi connectivity index (χ0n) is 15.2. The van der Waals surface area contributed by atoms with Crippen molar-refractivity contribution in [3.8, 4) is 10.4 Å². The van der Waals surface area contributed by atoms with Crippen LogP contribution in [0.3, 0.4) is 0 Å². The quantitative estimate of drug-likeness (QED) is 0.533. The highest BCUT2D eigenvalue weighted by Crippen LogP contribution is 2.28. The molecule has 0 saturated carbocycles. The number of hydrogen-bond acceptors (Lipinski definition) is 6. The Morgan fingerprint density at radius 3 is 3.00 bits per heavy atom. The molecule has 0 bridgehead atoms. The summed E-state index contributed by atoms with van der Waals surface area (Å²) in [6.45, 7) is 1.44. The summed E-state index contributed by atoms with van der Waals surface area (Å²) in [4.78, 5) is 15.8. The number of rotatable bonds is 3. The first-order chi connectivity index (χ1) is 13.7. The van der Waals surface area contributed by atoms with E-state index in [-0.39, 0.29) is 12.0 Å². The number of nitrogens with zero attached hydrogens (tertiary/aromatic N) is 6. The summed E-state index contributed by atoms with van der Waals surface area (Å²) in [7, 11) is 1.77. The molecular weight excluding hydrogens is 376 g/mol. The molecule has 5 heterocycles. The van der Waals surface area contributed by atoms with Crippen LogP contribution in [0.2, 0.25) is 0 Å². The van der Waals surface area contributed by atoms with Crippen LogP contribution < -0.4 is 0 Å². The molecule has 4 aromatic heterocycles. The molecule has 1 amide bonds. The number of thiophene rings is 1. The fourth-order valence-electron chi connectivity index (χ4n) is 3.48. The Kier molecular flexibility index (Phi) is 4.18. The predicted molar refractivity (Wildman–Crippen MR) is 104 cm³/mol. The molecule has 4 aromatic rings. The lowest BCUT2D eigenvalue weighted by atomic mass is 10.1. The van der Waals surface area contributed by atoms with Crippen LogP contribution in [0.15, 0.2) is 48.1 Å². The summed E-state index contributed by atoms with van der Waals surface area (Å²) >= 11 is 1.69. The van der Waals surface area contributed by atoms with Gasteiger partial charge in [-0.15, -0.1) is 16.4 Å². The summed E-state index contributed by atoms with van der Waals surface area (Å²) < 4.78 is 9.29. The van der Waals surface area contributed by atoms with Gasteiger partial charge in [0.2, 0.25) is 0 Å². The van der Waals surface area contributed by atoms with Crippen LogP contribution in [0.4, 0.5) is 0 Å². The number of aryl methyl sites for hydroxylation is 1. The zero-order valence-corrected chi connectivity index (χ0v) is 16.0. The van der Waals surface area contributed by atoms with Crippen molar-refractivity contribution in [2.45, 2.75) is 6.10 Å². The third-order valence-electron chi connectivity index (χ3n) is 4.94. The van der Waals surface area contributed by atoms with E-state index in [9.17, 15) is 4.79 Å².